The van der Waals surface area contributed by atoms with Gasteiger partial charge in [-0.15, -0.1) is 0 Å². The van der Waals surface area contributed by atoms with Crippen molar-refractivity contribution in [2.24, 2.45) is 5.73 Å². The number of nitrogens with zero attached hydrogens (tertiary/aromatic N) is 3. The number of hydrogen-bond acceptors (Lipinski definition) is 4. The van der Waals surface area contributed by atoms with Crippen molar-refractivity contribution in [3.05, 3.63) is 23.9 Å². The van der Waals surface area contributed by atoms with Gasteiger partial charge in [-0.2, -0.15) is 0 Å². The lowest BCUT2D eigenvalue weighted by atomic mass is 10.2. The Labute approximate surface area is 105 Å². The Morgan fingerprint density at radius 2 is 2.29 bits per heavy atom. The Morgan fingerprint density at radius 3 is 2.94 bits per heavy atom. The van der Waals surface area contributed by atoms with Crippen molar-refractivity contribution in [1.29, 1.82) is 0 Å². The van der Waals surface area contributed by atoms with Gasteiger partial charge in [-0.05, 0) is 12.1 Å². The topological polar surface area (TPSA) is 62.5 Å². The van der Waals surface area contributed by atoms with E-state index in [1.165, 1.54) is 0 Å². The van der Waals surface area contributed by atoms with E-state index < -0.39 is 0 Å². The molecule has 1 aliphatic rings. The Morgan fingerprint density at radius 1 is 1.53 bits per heavy atom. The van der Waals surface area contributed by atoms with Crippen LogP contribution in [0.1, 0.15) is 5.56 Å². The number of pyridine rings is 1. The van der Waals surface area contributed by atoms with Crippen LogP contribution in [0.25, 0.3) is 0 Å². The monoisotopic (exact) mass is 250 g/mol. The number of carbonyl (C=O) groups excluding carboxylic acids is 1. The van der Waals surface area contributed by atoms with Crippen LogP contribution in [0, 0.1) is 0 Å². The van der Waals surface area contributed by atoms with Gasteiger partial charge in [0.2, 0.25) is 5.91 Å². The molecule has 2 rings (SSSR count). The minimum atomic E-state index is 0.0961. The van der Waals surface area contributed by atoms with E-state index in [1.54, 1.807) is 24.2 Å². The number of rotatable bonds is 2. The molecule has 1 aliphatic heterocycles. The molecule has 0 unspecified atom stereocenters. The summed E-state index contributed by atoms with van der Waals surface area (Å²) in [6.45, 7) is 1.83. The zero-order chi connectivity index (χ0) is 12.4. The molecule has 17 heavy (non-hydrogen) atoms. The molecular weight excluding hydrogens is 236 g/mol. The van der Waals surface area contributed by atoms with Crippen LogP contribution < -0.4 is 10.6 Å². The summed E-state index contributed by atoms with van der Waals surface area (Å²) >= 11 is 4.92. The molecule has 0 atom stereocenters. The van der Waals surface area contributed by atoms with E-state index in [1.807, 2.05) is 11.0 Å². The van der Waals surface area contributed by atoms with E-state index >= 15 is 0 Å². The van der Waals surface area contributed by atoms with Crippen molar-refractivity contribution in [3.8, 4) is 0 Å². The van der Waals surface area contributed by atoms with Crippen LogP contribution in [0.2, 0.25) is 0 Å². The second kappa shape index (κ2) is 4.67. The summed E-state index contributed by atoms with van der Waals surface area (Å²) in [7, 11) is 1.80. The van der Waals surface area contributed by atoms with E-state index in [-0.39, 0.29) is 5.91 Å². The summed E-state index contributed by atoms with van der Waals surface area (Å²) in [6, 6.07) is 3.59. The first-order chi connectivity index (χ1) is 8.08. The van der Waals surface area contributed by atoms with Crippen LogP contribution in [0.5, 0.6) is 0 Å². The van der Waals surface area contributed by atoms with Crippen molar-refractivity contribution < 1.29 is 4.79 Å². The van der Waals surface area contributed by atoms with E-state index in [9.17, 15) is 4.79 Å². The van der Waals surface area contributed by atoms with Gasteiger partial charge in [0, 0.05) is 31.9 Å². The zero-order valence-electron chi connectivity index (χ0n) is 9.59. The van der Waals surface area contributed by atoms with Gasteiger partial charge in [0.15, 0.2) is 0 Å². The first kappa shape index (κ1) is 11.8. The third-order valence-corrected chi connectivity index (χ3v) is 3.05. The molecule has 0 radical (unpaired) electrons. The highest BCUT2D eigenvalue weighted by atomic mass is 32.1. The van der Waals surface area contributed by atoms with E-state index in [0.717, 1.165) is 17.9 Å². The molecule has 2 N–H and O–H groups in total. The minimum absolute atomic E-state index is 0.0961. The molecule has 0 spiro atoms. The van der Waals surface area contributed by atoms with Crippen molar-refractivity contribution in [3.63, 3.8) is 0 Å². The number of aromatic nitrogens is 1. The third-order valence-electron chi connectivity index (χ3n) is 2.81. The van der Waals surface area contributed by atoms with Crippen LogP contribution in [-0.4, -0.2) is 47.5 Å². The molecule has 1 amide bonds. The standard InChI is InChI=1S/C11H14N4OS/c1-14-4-5-15(7-10(14)16)9-6-8(11(12)17)2-3-13-9/h2-3,6H,4-5,7H2,1H3,(H2,12,17). The maximum atomic E-state index is 11.6. The predicted octanol–water partition coefficient (Wildman–Crippen LogP) is -0.00580. The zero-order valence-corrected chi connectivity index (χ0v) is 10.4. The molecule has 90 valence electrons. The highest BCUT2D eigenvalue weighted by Gasteiger charge is 2.21. The molecule has 0 bridgehead atoms. The largest absolute Gasteiger partial charge is 0.389 e. The third kappa shape index (κ3) is 2.52. The van der Waals surface area contributed by atoms with Crippen LogP contribution >= 0.6 is 12.2 Å². The van der Waals surface area contributed by atoms with Gasteiger partial charge in [0.1, 0.15) is 10.8 Å². The second-order valence-electron chi connectivity index (χ2n) is 4.00. The summed E-state index contributed by atoms with van der Waals surface area (Å²) in [5.41, 5.74) is 6.35. The highest BCUT2D eigenvalue weighted by molar-refractivity contribution is 7.80. The van der Waals surface area contributed by atoms with Crippen molar-refractivity contribution in [1.82, 2.24) is 9.88 Å². The minimum Gasteiger partial charge on any atom is -0.389 e. The Kier molecular flexibility index (Phi) is 3.23. The first-order valence-electron chi connectivity index (χ1n) is 5.32. The molecule has 1 aromatic heterocycles. The average molecular weight is 250 g/mol. The summed E-state index contributed by atoms with van der Waals surface area (Å²) < 4.78 is 0. The van der Waals surface area contributed by atoms with Crippen LogP contribution in [0.3, 0.4) is 0 Å². The molecule has 0 aromatic carbocycles. The van der Waals surface area contributed by atoms with E-state index in [4.69, 9.17) is 18.0 Å². The van der Waals surface area contributed by atoms with Gasteiger partial charge in [0.05, 0.1) is 6.54 Å². The molecule has 6 heteroatoms. The number of amides is 1. The quantitative estimate of drug-likeness (QED) is 0.748. The van der Waals surface area contributed by atoms with Crippen LogP contribution in [-0.2, 0) is 4.79 Å². The number of thiocarbonyl (C=S) groups is 1. The molecule has 2 heterocycles. The van der Waals surface area contributed by atoms with Crippen LogP contribution in [0.4, 0.5) is 5.82 Å². The number of nitrogens with two attached hydrogens (primary N) is 1. The fourth-order valence-corrected chi connectivity index (χ4v) is 1.83. The summed E-state index contributed by atoms with van der Waals surface area (Å²) in [5.74, 6) is 0.843. The fraction of sp³-hybridized carbons (Fsp3) is 0.364. The molecule has 1 aromatic rings. The van der Waals surface area contributed by atoms with Gasteiger partial charge in [-0.1, -0.05) is 12.2 Å². The van der Waals surface area contributed by atoms with Crippen molar-refractivity contribution >= 4 is 28.9 Å². The smallest absolute Gasteiger partial charge is 0.241 e. The fourth-order valence-electron chi connectivity index (χ4n) is 1.70. The lowest BCUT2D eigenvalue weighted by Crippen LogP contribution is -2.48. The SMILES string of the molecule is CN1CCN(c2cc(C(N)=S)ccn2)CC1=O. The lowest BCUT2D eigenvalue weighted by Gasteiger charge is -2.32. The second-order valence-corrected chi connectivity index (χ2v) is 4.44. The maximum absolute atomic E-state index is 11.6. The van der Waals surface area contributed by atoms with E-state index in [2.05, 4.69) is 4.98 Å². The maximum Gasteiger partial charge on any atom is 0.241 e. The molecule has 1 saturated heterocycles. The number of hydrogen-bond donors (Lipinski definition) is 1. The molecule has 0 aliphatic carbocycles. The first-order valence-corrected chi connectivity index (χ1v) is 5.73. The van der Waals surface area contributed by atoms with Gasteiger partial charge in [-0.3, -0.25) is 4.79 Å². The molecule has 1 fully saturated rings. The lowest BCUT2D eigenvalue weighted by molar-refractivity contribution is -0.129. The van der Waals surface area contributed by atoms with Crippen molar-refractivity contribution in [2.75, 3.05) is 31.6 Å². The van der Waals surface area contributed by atoms with Crippen molar-refractivity contribution in [2.45, 2.75) is 0 Å². The Bertz CT molecular complexity index is 463. The molecule has 0 saturated carbocycles. The molecular formula is C11H14N4OS. The summed E-state index contributed by atoms with van der Waals surface area (Å²) in [6.07, 6.45) is 1.66. The van der Waals surface area contributed by atoms with Gasteiger partial charge in [0.25, 0.3) is 0 Å². The number of piperazine rings is 1. The van der Waals surface area contributed by atoms with Gasteiger partial charge in [-0.25, -0.2) is 4.98 Å². The Balaban J connectivity index is 2.20. The highest BCUT2D eigenvalue weighted by Crippen LogP contribution is 2.15. The van der Waals surface area contributed by atoms with Gasteiger partial charge < -0.3 is 15.5 Å². The normalized spacial score (nSPS) is 16.2. The van der Waals surface area contributed by atoms with E-state index in [0.29, 0.717) is 18.1 Å². The Hall–Kier alpha value is -1.69. The van der Waals surface area contributed by atoms with Crippen LogP contribution in [0.15, 0.2) is 18.3 Å². The number of likely N-dealkylation sites (N-methyl/N-ethyl adjacent to an activating group) is 1. The average Bonchev–Trinajstić information content (AvgIpc) is 2.33. The summed E-state index contributed by atoms with van der Waals surface area (Å²) in [4.78, 5) is 19.8. The van der Waals surface area contributed by atoms with Gasteiger partial charge >= 0.3 is 0 Å². The molecule has 5 nitrogen and oxygen atoms in total. The summed E-state index contributed by atoms with van der Waals surface area (Å²) in [5, 5.41) is 0. The number of anilines is 1. The predicted molar refractivity (Wildman–Crippen MR) is 70.0 cm³/mol. The number of carbonyl (C=O) groups is 1.